The predicted octanol–water partition coefficient (Wildman–Crippen LogP) is 1.15. The number of piperidine rings is 1. The molecule has 2 unspecified atom stereocenters. The van der Waals surface area contributed by atoms with E-state index in [0.29, 0.717) is 0 Å². The highest BCUT2D eigenvalue weighted by Gasteiger charge is 2.37. The summed E-state index contributed by atoms with van der Waals surface area (Å²) in [6.07, 6.45) is 6.96. The van der Waals surface area contributed by atoms with Crippen LogP contribution >= 0.6 is 0 Å². The molecule has 0 aromatic rings. The molecule has 0 aromatic heterocycles. The molecule has 2 aliphatic heterocycles. The number of nitrogens with one attached hydrogen (secondary N) is 1. The Kier molecular flexibility index (Phi) is 4.62. The molecule has 2 saturated heterocycles. The molecule has 0 amide bonds. The SMILES string of the molecule is CNCCCN(C)C1CCN2CCCCC12. The molecule has 0 aromatic carbocycles. The van der Waals surface area contributed by atoms with E-state index in [4.69, 9.17) is 0 Å². The third kappa shape index (κ3) is 2.76. The minimum atomic E-state index is 0.831. The highest BCUT2D eigenvalue weighted by molar-refractivity contribution is 4.94. The van der Waals surface area contributed by atoms with Gasteiger partial charge < -0.3 is 10.2 Å². The third-order valence-electron chi connectivity index (χ3n) is 4.32. The summed E-state index contributed by atoms with van der Waals surface area (Å²) in [6.45, 7) is 5.08. The molecule has 0 saturated carbocycles. The second-order valence-electron chi connectivity index (χ2n) is 5.39. The fraction of sp³-hybridized carbons (Fsp3) is 1.00. The van der Waals surface area contributed by atoms with Gasteiger partial charge in [0.25, 0.3) is 0 Å². The van der Waals surface area contributed by atoms with Crippen LogP contribution in [0, 0.1) is 0 Å². The van der Waals surface area contributed by atoms with Gasteiger partial charge in [-0.2, -0.15) is 0 Å². The first-order chi connectivity index (χ1) is 7.83. The van der Waals surface area contributed by atoms with E-state index in [2.05, 4.69) is 22.2 Å². The molecule has 2 rings (SSSR count). The molecule has 0 radical (unpaired) electrons. The lowest BCUT2D eigenvalue weighted by atomic mass is 9.98. The van der Waals surface area contributed by atoms with Gasteiger partial charge in [-0.05, 0) is 59.4 Å². The number of hydrogen-bond donors (Lipinski definition) is 1. The molecule has 2 aliphatic rings. The Hall–Kier alpha value is -0.120. The maximum Gasteiger partial charge on any atom is 0.0260 e. The fourth-order valence-corrected chi connectivity index (χ4v) is 3.41. The second kappa shape index (κ2) is 5.99. The first-order valence-corrected chi connectivity index (χ1v) is 6.92. The van der Waals surface area contributed by atoms with E-state index in [1.807, 2.05) is 7.05 Å². The van der Waals surface area contributed by atoms with E-state index in [1.54, 1.807) is 0 Å². The first kappa shape index (κ1) is 12.3. The molecule has 3 nitrogen and oxygen atoms in total. The minimum absolute atomic E-state index is 0.831. The Balaban J connectivity index is 1.79. The molecular weight excluding hydrogens is 198 g/mol. The van der Waals surface area contributed by atoms with Crippen LogP contribution < -0.4 is 5.32 Å². The van der Waals surface area contributed by atoms with E-state index in [1.165, 1.54) is 51.7 Å². The van der Waals surface area contributed by atoms with Crippen molar-refractivity contribution in [2.75, 3.05) is 40.3 Å². The van der Waals surface area contributed by atoms with Crippen LogP contribution in [0.15, 0.2) is 0 Å². The predicted molar refractivity (Wildman–Crippen MR) is 68.8 cm³/mol. The Labute approximate surface area is 100 Å². The topological polar surface area (TPSA) is 18.5 Å². The molecule has 2 heterocycles. The summed E-state index contributed by atoms with van der Waals surface area (Å²) in [6, 6.07) is 1.70. The van der Waals surface area contributed by atoms with E-state index in [-0.39, 0.29) is 0 Å². The van der Waals surface area contributed by atoms with Crippen molar-refractivity contribution in [1.82, 2.24) is 15.1 Å². The maximum absolute atomic E-state index is 3.23. The molecule has 3 heteroatoms. The van der Waals surface area contributed by atoms with Crippen molar-refractivity contribution < 1.29 is 0 Å². The zero-order valence-corrected chi connectivity index (χ0v) is 10.9. The number of nitrogens with zero attached hydrogens (tertiary/aromatic N) is 2. The van der Waals surface area contributed by atoms with Crippen molar-refractivity contribution in [2.24, 2.45) is 0 Å². The molecule has 16 heavy (non-hydrogen) atoms. The van der Waals surface area contributed by atoms with Gasteiger partial charge in [0.2, 0.25) is 0 Å². The van der Waals surface area contributed by atoms with E-state index >= 15 is 0 Å². The van der Waals surface area contributed by atoms with Crippen LogP contribution in [0.4, 0.5) is 0 Å². The molecule has 2 fully saturated rings. The van der Waals surface area contributed by atoms with Gasteiger partial charge in [-0.1, -0.05) is 6.42 Å². The Bertz CT molecular complexity index is 207. The zero-order valence-electron chi connectivity index (χ0n) is 10.9. The van der Waals surface area contributed by atoms with Gasteiger partial charge in [0.15, 0.2) is 0 Å². The van der Waals surface area contributed by atoms with Gasteiger partial charge in [0.05, 0.1) is 0 Å². The quantitative estimate of drug-likeness (QED) is 0.708. The lowest BCUT2D eigenvalue weighted by molar-refractivity contribution is 0.130. The van der Waals surface area contributed by atoms with Gasteiger partial charge in [0.1, 0.15) is 0 Å². The van der Waals surface area contributed by atoms with Crippen LogP contribution in [0.1, 0.15) is 32.1 Å². The van der Waals surface area contributed by atoms with Gasteiger partial charge in [-0.25, -0.2) is 0 Å². The average molecular weight is 225 g/mol. The molecule has 0 aliphatic carbocycles. The summed E-state index contributed by atoms with van der Waals surface area (Å²) in [4.78, 5) is 5.33. The largest absolute Gasteiger partial charge is 0.320 e. The van der Waals surface area contributed by atoms with Gasteiger partial charge >= 0.3 is 0 Å². The van der Waals surface area contributed by atoms with Crippen molar-refractivity contribution in [3.05, 3.63) is 0 Å². The second-order valence-corrected chi connectivity index (χ2v) is 5.39. The van der Waals surface area contributed by atoms with E-state index in [0.717, 1.165) is 18.6 Å². The smallest absolute Gasteiger partial charge is 0.0260 e. The van der Waals surface area contributed by atoms with Crippen molar-refractivity contribution >= 4 is 0 Å². The highest BCUT2D eigenvalue weighted by Crippen LogP contribution is 2.29. The van der Waals surface area contributed by atoms with Crippen LogP contribution in [0.3, 0.4) is 0 Å². The van der Waals surface area contributed by atoms with Crippen LogP contribution in [0.25, 0.3) is 0 Å². The third-order valence-corrected chi connectivity index (χ3v) is 4.32. The number of likely N-dealkylation sites (N-methyl/N-ethyl adjacent to an activating group) is 1. The monoisotopic (exact) mass is 225 g/mol. The van der Waals surface area contributed by atoms with Gasteiger partial charge in [-0.3, -0.25) is 4.90 Å². The molecule has 0 spiro atoms. The number of rotatable bonds is 5. The summed E-state index contributed by atoms with van der Waals surface area (Å²) < 4.78 is 0. The molecular formula is C13H27N3. The first-order valence-electron chi connectivity index (χ1n) is 6.92. The maximum atomic E-state index is 3.23. The minimum Gasteiger partial charge on any atom is -0.320 e. The van der Waals surface area contributed by atoms with Gasteiger partial charge in [0, 0.05) is 18.6 Å². The van der Waals surface area contributed by atoms with Crippen molar-refractivity contribution in [3.8, 4) is 0 Å². The van der Waals surface area contributed by atoms with Crippen molar-refractivity contribution in [1.29, 1.82) is 0 Å². The lowest BCUT2D eigenvalue weighted by Crippen LogP contribution is -2.46. The molecule has 2 atom stereocenters. The summed E-state index contributed by atoms with van der Waals surface area (Å²) in [5.41, 5.74) is 0. The van der Waals surface area contributed by atoms with Gasteiger partial charge in [-0.15, -0.1) is 0 Å². The summed E-state index contributed by atoms with van der Waals surface area (Å²) in [5.74, 6) is 0. The summed E-state index contributed by atoms with van der Waals surface area (Å²) in [7, 11) is 4.36. The Morgan fingerprint density at radius 3 is 2.94 bits per heavy atom. The normalized spacial score (nSPS) is 30.9. The molecule has 94 valence electrons. The standard InChI is InChI=1S/C13H27N3/c1-14-8-5-9-15(2)12-7-11-16-10-4-3-6-13(12)16/h12-14H,3-11H2,1-2H3. The molecule has 1 N–H and O–H groups in total. The Morgan fingerprint density at radius 2 is 2.12 bits per heavy atom. The van der Waals surface area contributed by atoms with Crippen molar-refractivity contribution in [3.63, 3.8) is 0 Å². The van der Waals surface area contributed by atoms with Crippen LogP contribution in [-0.2, 0) is 0 Å². The lowest BCUT2D eigenvalue weighted by Gasteiger charge is -2.36. The fourth-order valence-electron chi connectivity index (χ4n) is 3.41. The van der Waals surface area contributed by atoms with Crippen LogP contribution in [-0.4, -0.2) is 62.2 Å². The van der Waals surface area contributed by atoms with Crippen LogP contribution in [0.5, 0.6) is 0 Å². The number of hydrogen-bond acceptors (Lipinski definition) is 3. The average Bonchev–Trinajstić information content (AvgIpc) is 2.73. The number of fused-ring (bicyclic) bond motifs is 1. The Morgan fingerprint density at radius 1 is 1.25 bits per heavy atom. The van der Waals surface area contributed by atoms with Crippen molar-refractivity contribution in [2.45, 2.75) is 44.2 Å². The zero-order chi connectivity index (χ0) is 11.4. The highest BCUT2D eigenvalue weighted by atomic mass is 15.3. The van der Waals surface area contributed by atoms with E-state index in [9.17, 15) is 0 Å². The summed E-state index contributed by atoms with van der Waals surface area (Å²) in [5, 5.41) is 3.23. The molecule has 0 bridgehead atoms. The van der Waals surface area contributed by atoms with E-state index < -0.39 is 0 Å². The summed E-state index contributed by atoms with van der Waals surface area (Å²) >= 11 is 0. The van der Waals surface area contributed by atoms with Crippen LogP contribution in [0.2, 0.25) is 0 Å².